The molecule has 13 heavy (non-hydrogen) atoms. The fourth-order valence-corrected chi connectivity index (χ4v) is 1.74. The van der Waals surface area contributed by atoms with E-state index in [-0.39, 0.29) is 11.0 Å². The van der Waals surface area contributed by atoms with E-state index in [1.807, 2.05) is 0 Å². The Labute approximate surface area is 78.6 Å². The van der Waals surface area contributed by atoms with Crippen molar-refractivity contribution < 1.29 is 13.2 Å². The van der Waals surface area contributed by atoms with Crippen molar-refractivity contribution in [1.82, 2.24) is 5.32 Å². The van der Waals surface area contributed by atoms with Crippen LogP contribution < -0.4 is 11.1 Å². The van der Waals surface area contributed by atoms with Gasteiger partial charge in [0.05, 0.1) is 11.0 Å². The quantitative estimate of drug-likeness (QED) is 0.617. The van der Waals surface area contributed by atoms with Crippen LogP contribution in [0, 0.1) is 0 Å². The van der Waals surface area contributed by atoms with Gasteiger partial charge in [-0.2, -0.15) is 0 Å². The maximum absolute atomic E-state index is 11.2. The summed E-state index contributed by atoms with van der Waals surface area (Å²) in [6.07, 6.45) is 0.406. The van der Waals surface area contributed by atoms with Gasteiger partial charge in [-0.15, -0.1) is 0 Å². The molecule has 0 unspecified atom stereocenters. The van der Waals surface area contributed by atoms with Crippen molar-refractivity contribution in [3.05, 3.63) is 0 Å². The number of nitrogens with two attached hydrogens (primary N) is 1. The zero-order valence-electron chi connectivity index (χ0n) is 7.91. The fraction of sp³-hybridized carbons (Fsp3) is 0.857. The smallest absolute Gasteiger partial charge is 0.312 e. The molecular weight excluding hydrogens is 192 g/mol. The van der Waals surface area contributed by atoms with E-state index in [0.29, 0.717) is 13.0 Å². The highest BCUT2D eigenvalue weighted by atomic mass is 32.2. The summed E-state index contributed by atoms with van der Waals surface area (Å²) in [4.78, 5) is 10.2. The lowest BCUT2D eigenvalue weighted by molar-refractivity contribution is 0.249. The predicted molar refractivity (Wildman–Crippen MR) is 51.1 cm³/mol. The average Bonchev–Trinajstić information content (AvgIpc) is 1.97. The van der Waals surface area contributed by atoms with E-state index in [4.69, 9.17) is 5.73 Å². The molecule has 0 radical (unpaired) electrons. The van der Waals surface area contributed by atoms with Gasteiger partial charge in [0.1, 0.15) is 0 Å². The molecule has 78 valence electrons. The minimum absolute atomic E-state index is 0.0882. The second-order valence-electron chi connectivity index (χ2n) is 3.06. The van der Waals surface area contributed by atoms with E-state index in [1.165, 1.54) is 0 Å². The van der Waals surface area contributed by atoms with Crippen LogP contribution in [0.4, 0.5) is 4.79 Å². The molecule has 0 spiro atoms. The molecule has 0 atom stereocenters. The second-order valence-corrected chi connectivity index (χ2v) is 5.74. The molecule has 0 saturated carbocycles. The lowest BCUT2D eigenvalue weighted by Gasteiger charge is -2.06. The first-order chi connectivity index (χ1) is 5.86. The lowest BCUT2D eigenvalue weighted by Crippen LogP contribution is -2.31. The second kappa shape index (κ2) is 5.06. The molecule has 0 aliphatic carbocycles. The van der Waals surface area contributed by atoms with Crippen molar-refractivity contribution in [1.29, 1.82) is 0 Å². The topological polar surface area (TPSA) is 89.3 Å². The molecule has 0 rings (SSSR count). The summed E-state index contributed by atoms with van der Waals surface area (Å²) in [5.41, 5.74) is 4.80. The number of hydrogen-bond acceptors (Lipinski definition) is 3. The van der Waals surface area contributed by atoms with Crippen molar-refractivity contribution in [2.24, 2.45) is 5.73 Å². The lowest BCUT2D eigenvalue weighted by atomic mass is 10.5. The molecule has 0 aliphatic rings. The van der Waals surface area contributed by atoms with Crippen LogP contribution in [0.25, 0.3) is 0 Å². The van der Waals surface area contributed by atoms with Crippen molar-refractivity contribution in [3.8, 4) is 0 Å². The summed E-state index contributed by atoms with van der Waals surface area (Å²) in [5.74, 6) is 0.0882. The zero-order valence-corrected chi connectivity index (χ0v) is 8.73. The molecule has 2 amide bonds. The molecule has 0 aromatic rings. The zero-order chi connectivity index (χ0) is 10.5. The maximum Gasteiger partial charge on any atom is 0.312 e. The van der Waals surface area contributed by atoms with Gasteiger partial charge < -0.3 is 11.1 Å². The molecule has 0 bridgehead atoms. The number of sulfone groups is 1. The fourth-order valence-electron chi connectivity index (χ4n) is 0.721. The Balaban J connectivity index is 3.72. The third-order valence-corrected chi connectivity index (χ3v) is 3.92. The first-order valence-corrected chi connectivity index (χ1v) is 5.82. The molecule has 6 heteroatoms. The number of amides is 2. The van der Waals surface area contributed by atoms with Gasteiger partial charge in [-0.25, -0.2) is 13.2 Å². The van der Waals surface area contributed by atoms with Crippen molar-refractivity contribution in [3.63, 3.8) is 0 Å². The first-order valence-electron chi connectivity index (χ1n) is 4.11. The summed E-state index contributed by atoms with van der Waals surface area (Å²) in [5, 5.41) is 1.97. The van der Waals surface area contributed by atoms with Crippen LogP contribution in [0.5, 0.6) is 0 Å². The molecule has 5 nitrogen and oxygen atoms in total. The van der Waals surface area contributed by atoms with Crippen LogP contribution in [-0.2, 0) is 9.84 Å². The van der Waals surface area contributed by atoms with Gasteiger partial charge in [0.25, 0.3) is 0 Å². The summed E-state index contributed by atoms with van der Waals surface area (Å²) in [6, 6.07) is -0.623. The van der Waals surface area contributed by atoms with Gasteiger partial charge >= 0.3 is 6.03 Å². The highest BCUT2D eigenvalue weighted by Crippen LogP contribution is 2.01. The Bertz CT molecular complexity index is 259. The molecule has 0 aromatic heterocycles. The van der Waals surface area contributed by atoms with Gasteiger partial charge in [0, 0.05) is 6.54 Å². The summed E-state index contributed by atoms with van der Waals surface area (Å²) in [6.45, 7) is 3.58. The number of primary amides is 1. The van der Waals surface area contributed by atoms with Crippen molar-refractivity contribution in [2.45, 2.75) is 25.5 Å². The SMILES string of the molecule is CC(C)S(=O)(=O)CCCNC(N)=O. The van der Waals surface area contributed by atoms with Crippen LogP contribution in [-0.4, -0.2) is 32.0 Å². The Kier molecular flexibility index (Phi) is 4.76. The Morgan fingerprint density at radius 3 is 2.38 bits per heavy atom. The van der Waals surface area contributed by atoms with Crippen molar-refractivity contribution in [2.75, 3.05) is 12.3 Å². The molecule has 3 N–H and O–H groups in total. The van der Waals surface area contributed by atoms with E-state index < -0.39 is 15.9 Å². The average molecular weight is 208 g/mol. The van der Waals surface area contributed by atoms with E-state index >= 15 is 0 Å². The third kappa shape index (κ3) is 5.46. The van der Waals surface area contributed by atoms with Gasteiger partial charge in [-0.1, -0.05) is 0 Å². The molecule has 0 aliphatic heterocycles. The van der Waals surface area contributed by atoms with Gasteiger partial charge in [-0.3, -0.25) is 0 Å². The standard InChI is InChI=1S/C7H16N2O3S/c1-6(2)13(11,12)5-3-4-9-7(8)10/h6H,3-5H2,1-2H3,(H3,8,9,10). The number of hydrogen-bond donors (Lipinski definition) is 2. The Morgan fingerprint density at radius 2 is 2.00 bits per heavy atom. The number of urea groups is 1. The van der Waals surface area contributed by atoms with E-state index in [9.17, 15) is 13.2 Å². The number of nitrogens with one attached hydrogen (secondary N) is 1. The molecular formula is C7H16N2O3S. The molecule has 0 heterocycles. The van der Waals surface area contributed by atoms with E-state index in [0.717, 1.165) is 0 Å². The van der Waals surface area contributed by atoms with Crippen LogP contribution in [0.3, 0.4) is 0 Å². The minimum atomic E-state index is -2.99. The van der Waals surface area contributed by atoms with Gasteiger partial charge in [-0.05, 0) is 20.3 Å². The molecule has 0 saturated heterocycles. The van der Waals surface area contributed by atoms with E-state index in [1.54, 1.807) is 13.8 Å². The minimum Gasteiger partial charge on any atom is -0.352 e. The van der Waals surface area contributed by atoms with E-state index in [2.05, 4.69) is 5.32 Å². The third-order valence-electron chi connectivity index (χ3n) is 1.62. The van der Waals surface area contributed by atoms with Gasteiger partial charge in [0.15, 0.2) is 9.84 Å². The van der Waals surface area contributed by atoms with Crippen LogP contribution in [0.2, 0.25) is 0 Å². The monoisotopic (exact) mass is 208 g/mol. The summed E-state index contributed by atoms with van der Waals surface area (Å²) < 4.78 is 22.5. The normalized spacial score (nSPS) is 11.6. The Hall–Kier alpha value is -0.780. The number of rotatable bonds is 5. The maximum atomic E-state index is 11.2. The van der Waals surface area contributed by atoms with Gasteiger partial charge in [0.2, 0.25) is 0 Å². The summed E-state index contributed by atoms with van der Waals surface area (Å²) >= 11 is 0. The van der Waals surface area contributed by atoms with Crippen LogP contribution >= 0.6 is 0 Å². The van der Waals surface area contributed by atoms with Crippen molar-refractivity contribution >= 4 is 15.9 Å². The Morgan fingerprint density at radius 1 is 1.46 bits per heavy atom. The van der Waals surface area contributed by atoms with Crippen LogP contribution in [0.1, 0.15) is 20.3 Å². The number of carbonyl (C=O) groups excluding carboxylic acids is 1. The predicted octanol–water partition coefficient (Wildman–Crippen LogP) is -0.132. The summed E-state index contributed by atoms with van der Waals surface area (Å²) in [7, 11) is -2.99. The first kappa shape index (κ1) is 12.2. The highest BCUT2D eigenvalue weighted by molar-refractivity contribution is 7.91. The van der Waals surface area contributed by atoms with Crippen LogP contribution in [0.15, 0.2) is 0 Å². The highest BCUT2D eigenvalue weighted by Gasteiger charge is 2.14. The largest absolute Gasteiger partial charge is 0.352 e. The molecule has 0 fully saturated rings. The molecule has 0 aromatic carbocycles. The number of carbonyl (C=O) groups is 1.